The van der Waals surface area contributed by atoms with Crippen LogP contribution in [0.3, 0.4) is 0 Å². The van der Waals surface area contributed by atoms with Gasteiger partial charge in [-0.25, -0.2) is 0 Å². The van der Waals surface area contributed by atoms with Gasteiger partial charge in [0.25, 0.3) is 0 Å². The number of Topliss-reactive ketones (excluding diaryl/α,β-unsaturated/α-hetero) is 1. The molecule has 3 heteroatoms. The molecule has 0 atom stereocenters. The first-order valence-electron chi connectivity index (χ1n) is 7.84. The van der Waals surface area contributed by atoms with Gasteiger partial charge in [0.05, 0.1) is 5.54 Å². The normalized spacial score (nSPS) is 22.2. The van der Waals surface area contributed by atoms with Crippen molar-refractivity contribution < 1.29 is 9.53 Å². The number of allylic oxidation sites excluding steroid dienone is 1. The number of ketones is 1. The van der Waals surface area contributed by atoms with Crippen LogP contribution in [0.4, 0.5) is 0 Å². The number of ether oxygens (including phenoxy) is 1. The Morgan fingerprint density at radius 2 is 1.77 bits per heavy atom. The molecule has 0 unspecified atom stereocenters. The lowest BCUT2D eigenvalue weighted by Gasteiger charge is -2.37. The van der Waals surface area contributed by atoms with Crippen molar-refractivity contribution >= 4 is 17.3 Å². The fourth-order valence-electron chi connectivity index (χ4n) is 2.96. The quantitative estimate of drug-likeness (QED) is 0.721. The molecule has 0 fully saturated rings. The van der Waals surface area contributed by atoms with E-state index in [1.54, 1.807) is 0 Å². The molecule has 1 aliphatic heterocycles. The molecule has 0 bridgehead atoms. The van der Waals surface area contributed by atoms with Gasteiger partial charge < -0.3 is 4.74 Å². The van der Waals surface area contributed by atoms with E-state index < -0.39 is 0 Å². The zero-order valence-electron chi connectivity index (χ0n) is 14.0. The predicted molar refractivity (Wildman–Crippen MR) is 89.1 cm³/mol. The number of carbonyl (C=O) groups is 1. The summed E-state index contributed by atoms with van der Waals surface area (Å²) in [5.74, 6) is 0.781. The standard InChI is InChI=1S/C19H23NO2/c1-18(2,3)20-15-12-8-6-7-9-13(12)17-14(16(15)21)10-11-19(4,5)22-17/h6-9H,10-11H2,1-5H3. The van der Waals surface area contributed by atoms with Crippen LogP contribution in [-0.2, 0) is 9.53 Å². The lowest BCUT2D eigenvalue weighted by molar-refractivity contribution is -0.110. The molecule has 0 N–H and O–H groups in total. The van der Waals surface area contributed by atoms with E-state index in [-0.39, 0.29) is 16.9 Å². The summed E-state index contributed by atoms with van der Waals surface area (Å²) in [6.07, 6.45) is 1.60. The van der Waals surface area contributed by atoms with Gasteiger partial charge in [0, 0.05) is 16.7 Å². The van der Waals surface area contributed by atoms with Crippen molar-refractivity contribution in [3.63, 3.8) is 0 Å². The molecule has 0 aromatic heterocycles. The summed E-state index contributed by atoms with van der Waals surface area (Å²) < 4.78 is 6.16. The van der Waals surface area contributed by atoms with E-state index in [9.17, 15) is 4.79 Å². The largest absolute Gasteiger partial charge is 0.487 e. The Kier molecular flexibility index (Phi) is 3.28. The maximum absolute atomic E-state index is 12.9. The van der Waals surface area contributed by atoms with Gasteiger partial charge in [0.2, 0.25) is 5.78 Å². The Balaban J connectivity index is 2.22. The molecule has 0 spiro atoms. The molecule has 2 aliphatic rings. The highest BCUT2D eigenvalue weighted by atomic mass is 16.5. The second kappa shape index (κ2) is 4.80. The van der Waals surface area contributed by atoms with Gasteiger partial charge in [-0.05, 0) is 47.5 Å². The number of hydrogen-bond donors (Lipinski definition) is 0. The van der Waals surface area contributed by atoms with Crippen LogP contribution < -0.4 is 0 Å². The number of fused-ring (bicyclic) bond motifs is 2. The molecule has 0 saturated carbocycles. The third-order valence-corrected chi connectivity index (χ3v) is 3.99. The lowest BCUT2D eigenvalue weighted by atomic mass is 9.81. The van der Waals surface area contributed by atoms with Crippen LogP contribution in [0.5, 0.6) is 0 Å². The van der Waals surface area contributed by atoms with E-state index in [1.165, 1.54) is 0 Å². The summed E-state index contributed by atoms with van der Waals surface area (Å²) in [5.41, 5.74) is 2.72. The molecule has 0 radical (unpaired) electrons. The number of aliphatic imine (C=N–C) groups is 1. The molecule has 3 nitrogen and oxygen atoms in total. The fourth-order valence-corrected chi connectivity index (χ4v) is 2.96. The molecule has 0 amide bonds. The van der Waals surface area contributed by atoms with Gasteiger partial charge in [-0.2, -0.15) is 0 Å². The Labute approximate surface area is 132 Å². The third-order valence-electron chi connectivity index (χ3n) is 3.99. The summed E-state index contributed by atoms with van der Waals surface area (Å²) in [7, 11) is 0. The van der Waals surface area contributed by atoms with Crippen molar-refractivity contribution in [2.24, 2.45) is 4.99 Å². The smallest absolute Gasteiger partial charge is 0.211 e. The van der Waals surface area contributed by atoms with Crippen LogP contribution in [0, 0.1) is 0 Å². The molecule has 0 saturated heterocycles. The Morgan fingerprint density at radius 1 is 1.14 bits per heavy atom. The van der Waals surface area contributed by atoms with Gasteiger partial charge in [-0.1, -0.05) is 24.3 Å². The molecule has 1 aliphatic carbocycles. The Bertz CT molecular complexity index is 702. The van der Waals surface area contributed by atoms with E-state index in [4.69, 9.17) is 9.73 Å². The average Bonchev–Trinajstić information content (AvgIpc) is 2.41. The number of hydrogen-bond acceptors (Lipinski definition) is 3. The number of benzene rings is 1. The molecule has 3 rings (SSSR count). The Hall–Kier alpha value is -1.90. The molecule has 22 heavy (non-hydrogen) atoms. The molecular weight excluding hydrogens is 274 g/mol. The summed E-state index contributed by atoms with van der Waals surface area (Å²) in [5, 5.41) is 0. The second-order valence-corrected chi connectivity index (χ2v) is 7.68. The molecule has 1 heterocycles. The summed E-state index contributed by atoms with van der Waals surface area (Å²) in [6, 6.07) is 7.92. The minimum absolute atomic E-state index is 0.0270. The topological polar surface area (TPSA) is 38.7 Å². The number of carbonyl (C=O) groups excluding carboxylic acids is 1. The number of nitrogens with zero attached hydrogens (tertiary/aromatic N) is 1. The van der Waals surface area contributed by atoms with E-state index in [0.29, 0.717) is 5.71 Å². The molecule has 116 valence electrons. The Morgan fingerprint density at radius 3 is 2.41 bits per heavy atom. The zero-order chi connectivity index (χ0) is 16.1. The van der Waals surface area contributed by atoms with Crippen molar-refractivity contribution in [3.05, 3.63) is 41.0 Å². The van der Waals surface area contributed by atoms with Crippen LogP contribution in [0.1, 0.15) is 58.6 Å². The highest BCUT2D eigenvalue weighted by Gasteiger charge is 2.38. The van der Waals surface area contributed by atoms with Gasteiger partial charge in [0.1, 0.15) is 17.1 Å². The van der Waals surface area contributed by atoms with E-state index in [0.717, 1.165) is 35.3 Å². The number of rotatable bonds is 0. The minimum Gasteiger partial charge on any atom is -0.487 e. The van der Waals surface area contributed by atoms with Crippen molar-refractivity contribution in [1.29, 1.82) is 0 Å². The van der Waals surface area contributed by atoms with Crippen LogP contribution in [0.25, 0.3) is 5.76 Å². The first-order chi connectivity index (χ1) is 10.2. The summed E-state index contributed by atoms with van der Waals surface area (Å²) in [6.45, 7) is 10.2. The van der Waals surface area contributed by atoms with Crippen LogP contribution in [0.2, 0.25) is 0 Å². The maximum atomic E-state index is 12.9. The predicted octanol–water partition coefficient (Wildman–Crippen LogP) is 4.16. The van der Waals surface area contributed by atoms with Crippen molar-refractivity contribution in [2.75, 3.05) is 0 Å². The van der Waals surface area contributed by atoms with Gasteiger partial charge >= 0.3 is 0 Å². The van der Waals surface area contributed by atoms with Crippen molar-refractivity contribution in [1.82, 2.24) is 0 Å². The van der Waals surface area contributed by atoms with Crippen LogP contribution in [0.15, 0.2) is 34.8 Å². The first-order valence-corrected chi connectivity index (χ1v) is 7.84. The van der Waals surface area contributed by atoms with Gasteiger partial charge in [-0.3, -0.25) is 9.79 Å². The molecular formula is C19H23NO2. The lowest BCUT2D eigenvalue weighted by Crippen LogP contribution is -2.35. The highest BCUT2D eigenvalue weighted by Crippen LogP contribution is 2.41. The van der Waals surface area contributed by atoms with E-state index in [2.05, 4.69) is 13.8 Å². The van der Waals surface area contributed by atoms with Gasteiger partial charge in [0.15, 0.2) is 0 Å². The molecule has 1 aromatic rings. The first kappa shape index (κ1) is 15.0. The summed E-state index contributed by atoms with van der Waals surface area (Å²) >= 11 is 0. The maximum Gasteiger partial charge on any atom is 0.211 e. The average molecular weight is 297 g/mol. The summed E-state index contributed by atoms with van der Waals surface area (Å²) in [4.78, 5) is 17.6. The van der Waals surface area contributed by atoms with Crippen LogP contribution in [-0.4, -0.2) is 22.6 Å². The fraction of sp³-hybridized carbons (Fsp3) is 0.474. The van der Waals surface area contributed by atoms with E-state index >= 15 is 0 Å². The van der Waals surface area contributed by atoms with Crippen molar-refractivity contribution in [3.8, 4) is 0 Å². The SMILES string of the molecule is CC(C)(C)N=C1C(=O)C2=C(OC(C)(C)CC2)c2ccccc21. The van der Waals surface area contributed by atoms with Gasteiger partial charge in [-0.15, -0.1) is 0 Å². The van der Waals surface area contributed by atoms with E-state index in [1.807, 2.05) is 45.0 Å². The zero-order valence-corrected chi connectivity index (χ0v) is 14.0. The van der Waals surface area contributed by atoms with Crippen molar-refractivity contribution in [2.45, 2.75) is 58.6 Å². The highest BCUT2D eigenvalue weighted by molar-refractivity contribution is 6.54. The monoisotopic (exact) mass is 297 g/mol. The second-order valence-electron chi connectivity index (χ2n) is 7.68. The molecule has 1 aromatic carbocycles. The minimum atomic E-state index is -0.287. The van der Waals surface area contributed by atoms with Crippen LogP contribution >= 0.6 is 0 Å². The third kappa shape index (κ3) is 2.60.